The van der Waals surface area contributed by atoms with Gasteiger partial charge in [-0.3, -0.25) is 0 Å². The number of benzene rings is 11. The van der Waals surface area contributed by atoms with Crippen molar-refractivity contribution in [2.75, 3.05) is 4.90 Å². The van der Waals surface area contributed by atoms with Gasteiger partial charge in [0, 0.05) is 33.5 Å². The molecule has 0 aliphatic heterocycles. The Kier molecular flexibility index (Phi) is 9.43. The number of aromatic nitrogens is 1. The van der Waals surface area contributed by atoms with Crippen LogP contribution in [-0.4, -0.2) is 4.57 Å². The van der Waals surface area contributed by atoms with Gasteiger partial charge in [0.25, 0.3) is 0 Å². The summed E-state index contributed by atoms with van der Waals surface area (Å²) in [5.74, 6) is 0. The van der Waals surface area contributed by atoms with Crippen LogP contribution in [0.1, 0.15) is 5.56 Å². The van der Waals surface area contributed by atoms with E-state index in [-0.39, 0.29) is 0 Å². The van der Waals surface area contributed by atoms with Crippen LogP contribution in [0.4, 0.5) is 17.1 Å². The van der Waals surface area contributed by atoms with Crippen molar-refractivity contribution in [3.8, 4) is 50.2 Å². The monoisotopic (exact) mass is 828 g/mol. The second-order valence-corrected chi connectivity index (χ2v) is 17.0. The van der Waals surface area contributed by atoms with Crippen LogP contribution in [-0.2, 0) is 0 Å². The molecule has 0 saturated heterocycles. The number of anilines is 3. The molecular weight excluding hydrogens is 785 g/mol. The van der Waals surface area contributed by atoms with E-state index in [1.807, 2.05) is 0 Å². The predicted molar refractivity (Wildman–Crippen MR) is 277 cm³/mol. The molecule has 0 saturated carbocycles. The number of para-hydroxylation sites is 2. The van der Waals surface area contributed by atoms with E-state index in [0.717, 1.165) is 22.7 Å². The molecule has 0 fully saturated rings. The Bertz CT molecular complexity index is 3650. The molecule has 2 heteroatoms. The van der Waals surface area contributed by atoms with Gasteiger partial charge in [-0.25, -0.2) is 0 Å². The number of aryl methyl sites for hydroxylation is 1. The Hall–Kier alpha value is -8.46. The minimum absolute atomic E-state index is 1.10. The van der Waals surface area contributed by atoms with Crippen molar-refractivity contribution in [3.63, 3.8) is 0 Å². The van der Waals surface area contributed by atoms with Gasteiger partial charge in [0.2, 0.25) is 0 Å². The van der Waals surface area contributed by atoms with Crippen molar-refractivity contribution in [2.24, 2.45) is 0 Å². The molecule has 0 aliphatic carbocycles. The second kappa shape index (κ2) is 16.0. The highest BCUT2D eigenvalue weighted by Gasteiger charge is 2.18. The largest absolute Gasteiger partial charge is 0.310 e. The molecule has 0 bridgehead atoms. The molecule has 2 nitrogen and oxygen atoms in total. The van der Waals surface area contributed by atoms with E-state index in [4.69, 9.17) is 0 Å². The summed E-state index contributed by atoms with van der Waals surface area (Å²) in [6.45, 7) is 2.23. The van der Waals surface area contributed by atoms with Crippen LogP contribution < -0.4 is 4.90 Å². The quantitative estimate of drug-likeness (QED) is 0.148. The van der Waals surface area contributed by atoms with Gasteiger partial charge in [-0.15, -0.1) is 0 Å². The number of fused-ring (bicyclic) bond motifs is 5. The molecule has 12 rings (SSSR count). The summed E-state index contributed by atoms with van der Waals surface area (Å²) in [6, 6.07) is 90.7. The zero-order chi connectivity index (χ0) is 43.3. The molecule has 0 aliphatic rings. The van der Waals surface area contributed by atoms with Gasteiger partial charge < -0.3 is 9.47 Å². The highest BCUT2D eigenvalue weighted by molar-refractivity contribution is 6.09. The maximum Gasteiger partial charge on any atom is 0.0541 e. The second-order valence-electron chi connectivity index (χ2n) is 17.0. The van der Waals surface area contributed by atoms with Gasteiger partial charge in [0.05, 0.1) is 11.0 Å². The molecule has 0 radical (unpaired) electrons. The van der Waals surface area contributed by atoms with E-state index in [2.05, 4.69) is 265 Å². The van der Waals surface area contributed by atoms with Gasteiger partial charge in [0.15, 0.2) is 0 Å². The first-order valence-corrected chi connectivity index (χ1v) is 22.4. The smallest absolute Gasteiger partial charge is 0.0541 e. The summed E-state index contributed by atoms with van der Waals surface area (Å²) >= 11 is 0. The first kappa shape index (κ1) is 38.2. The first-order valence-electron chi connectivity index (χ1n) is 22.4. The average Bonchev–Trinajstić information content (AvgIpc) is 3.71. The molecule has 11 aromatic carbocycles. The fraction of sp³-hybridized carbons (Fsp3) is 0.0159. The highest BCUT2D eigenvalue weighted by Crippen LogP contribution is 2.41. The first-order chi connectivity index (χ1) is 32.1. The summed E-state index contributed by atoms with van der Waals surface area (Å²) in [4.78, 5) is 2.40. The van der Waals surface area contributed by atoms with Gasteiger partial charge in [-0.05, 0) is 145 Å². The van der Waals surface area contributed by atoms with Gasteiger partial charge in [-0.1, -0.05) is 182 Å². The van der Waals surface area contributed by atoms with Gasteiger partial charge in [-0.2, -0.15) is 0 Å². The van der Waals surface area contributed by atoms with Crippen molar-refractivity contribution in [2.45, 2.75) is 6.92 Å². The fourth-order valence-corrected chi connectivity index (χ4v) is 9.83. The van der Waals surface area contributed by atoms with Crippen molar-refractivity contribution in [3.05, 3.63) is 254 Å². The Morgan fingerprint density at radius 3 is 1.46 bits per heavy atom. The van der Waals surface area contributed by atoms with E-state index >= 15 is 0 Å². The van der Waals surface area contributed by atoms with Crippen LogP contribution in [0.15, 0.2) is 249 Å². The standard InChI is InChI=1S/C63H44N2/c1-43-40-52(51-16-10-17-56(42-51)65-62-22-8-6-19-59(62)60-20-7-9-23-63(60)65)34-39-61(43)64(55-37-32-49(33-38-55)58-21-11-15-48-13-4-5-18-57(48)58)54-35-30-46(31-36-54)45-24-26-47(27-25-45)53-29-28-44-12-2-3-14-50(44)41-53/h2-42H,1H3. The summed E-state index contributed by atoms with van der Waals surface area (Å²) in [5, 5.41) is 7.55. The number of hydrogen-bond donors (Lipinski definition) is 0. The Labute approximate surface area is 379 Å². The van der Waals surface area contributed by atoms with Crippen LogP contribution in [0.3, 0.4) is 0 Å². The number of rotatable bonds is 8. The lowest BCUT2D eigenvalue weighted by atomic mass is 9.97. The molecule has 0 amide bonds. The minimum Gasteiger partial charge on any atom is -0.310 e. The highest BCUT2D eigenvalue weighted by atomic mass is 15.1. The molecular formula is C63H44N2. The third-order valence-electron chi connectivity index (χ3n) is 13.1. The fourth-order valence-electron chi connectivity index (χ4n) is 9.83. The molecule has 65 heavy (non-hydrogen) atoms. The van der Waals surface area contributed by atoms with E-state index < -0.39 is 0 Å². The summed E-state index contributed by atoms with van der Waals surface area (Å²) in [7, 11) is 0. The van der Waals surface area contributed by atoms with Crippen LogP contribution in [0, 0.1) is 6.92 Å². The minimum atomic E-state index is 1.10. The molecule has 306 valence electrons. The third kappa shape index (κ3) is 6.93. The SMILES string of the molecule is Cc1cc(-c2cccc(-n3c4ccccc4c4ccccc43)c2)ccc1N(c1ccc(-c2ccc(-c3ccc4ccccc4c3)cc2)cc1)c1ccc(-c2cccc3ccccc23)cc1. The van der Waals surface area contributed by atoms with Crippen LogP contribution in [0.25, 0.3) is 93.5 Å². The molecule has 1 aromatic heterocycles. The van der Waals surface area contributed by atoms with Crippen molar-refractivity contribution in [1.29, 1.82) is 0 Å². The van der Waals surface area contributed by atoms with Crippen LogP contribution in [0.5, 0.6) is 0 Å². The zero-order valence-corrected chi connectivity index (χ0v) is 36.1. The lowest BCUT2D eigenvalue weighted by molar-refractivity contribution is 1.18. The lowest BCUT2D eigenvalue weighted by Gasteiger charge is -2.28. The maximum atomic E-state index is 2.40. The predicted octanol–water partition coefficient (Wildman–Crippen LogP) is 17.5. The maximum absolute atomic E-state index is 2.40. The van der Waals surface area contributed by atoms with E-state index in [9.17, 15) is 0 Å². The van der Waals surface area contributed by atoms with Crippen molar-refractivity contribution in [1.82, 2.24) is 4.57 Å². The Balaban J connectivity index is 0.905. The summed E-state index contributed by atoms with van der Waals surface area (Å²) < 4.78 is 2.39. The zero-order valence-electron chi connectivity index (χ0n) is 36.1. The topological polar surface area (TPSA) is 8.17 Å². The summed E-state index contributed by atoms with van der Waals surface area (Å²) in [5.41, 5.74) is 17.7. The molecule has 0 unspecified atom stereocenters. The Morgan fingerprint density at radius 2 is 0.785 bits per heavy atom. The normalized spacial score (nSPS) is 11.5. The van der Waals surface area contributed by atoms with Crippen molar-refractivity contribution >= 4 is 60.4 Å². The van der Waals surface area contributed by atoms with Crippen LogP contribution >= 0.6 is 0 Å². The molecule has 12 aromatic rings. The third-order valence-corrected chi connectivity index (χ3v) is 13.1. The Morgan fingerprint density at radius 1 is 0.308 bits per heavy atom. The average molecular weight is 829 g/mol. The molecule has 0 atom stereocenters. The van der Waals surface area contributed by atoms with E-state index in [1.165, 1.54) is 93.4 Å². The van der Waals surface area contributed by atoms with Crippen LogP contribution in [0.2, 0.25) is 0 Å². The number of nitrogens with zero attached hydrogens (tertiary/aromatic N) is 2. The molecule has 1 heterocycles. The van der Waals surface area contributed by atoms with Crippen molar-refractivity contribution < 1.29 is 0 Å². The number of hydrogen-bond acceptors (Lipinski definition) is 1. The van der Waals surface area contributed by atoms with Gasteiger partial charge >= 0.3 is 0 Å². The molecule has 0 N–H and O–H groups in total. The summed E-state index contributed by atoms with van der Waals surface area (Å²) in [6.07, 6.45) is 0. The van der Waals surface area contributed by atoms with E-state index in [0.29, 0.717) is 0 Å². The molecule has 0 spiro atoms. The van der Waals surface area contributed by atoms with E-state index in [1.54, 1.807) is 0 Å². The van der Waals surface area contributed by atoms with Gasteiger partial charge in [0.1, 0.15) is 0 Å². The lowest BCUT2D eigenvalue weighted by Crippen LogP contribution is -2.11.